The maximum atomic E-state index is 2.40. The molecule has 0 radical (unpaired) electrons. The third-order valence-corrected chi connectivity index (χ3v) is 11.1. The topological polar surface area (TPSA) is 3.24 Å². The van der Waals surface area contributed by atoms with Gasteiger partial charge in [-0.05, 0) is 114 Å². The van der Waals surface area contributed by atoms with E-state index in [-0.39, 0.29) is 0 Å². The number of anilines is 3. The molecular weight excluding hydrogens is 687 g/mol. The molecule has 0 aliphatic heterocycles. The van der Waals surface area contributed by atoms with Crippen molar-refractivity contribution in [3.05, 3.63) is 237 Å². The van der Waals surface area contributed by atoms with Gasteiger partial charge in [0.2, 0.25) is 0 Å². The minimum Gasteiger partial charge on any atom is -0.310 e. The third kappa shape index (κ3) is 6.88. The first-order chi connectivity index (χ1) is 28.2. The molecule has 0 heterocycles. The highest BCUT2D eigenvalue weighted by Gasteiger charge is 2.18. The highest BCUT2D eigenvalue weighted by Crippen LogP contribution is 2.43. The smallest absolute Gasteiger partial charge is 0.0540 e. The van der Waals surface area contributed by atoms with Gasteiger partial charge >= 0.3 is 0 Å². The van der Waals surface area contributed by atoms with Crippen molar-refractivity contribution in [1.82, 2.24) is 0 Å². The zero-order valence-electron chi connectivity index (χ0n) is 31.5. The summed E-state index contributed by atoms with van der Waals surface area (Å²) in [6.07, 6.45) is 0. The number of hydrogen-bond acceptors (Lipinski definition) is 1. The second kappa shape index (κ2) is 15.0. The highest BCUT2D eigenvalue weighted by molar-refractivity contribution is 5.92. The quantitative estimate of drug-likeness (QED) is 0.151. The summed E-state index contributed by atoms with van der Waals surface area (Å²) >= 11 is 0. The second-order valence-corrected chi connectivity index (χ2v) is 14.6. The third-order valence-electron chi connectivity index (χ3n) is 11.1. The van der Waals surface area contributed by atoms with Gasteiger partial charge in [0.1, 0.15) is 0 Å². The predicted octanol–water partition coefficient (Wildman–Crippen LogP) is 15.8. The lowest BCUT2D eigenvalue weighted by atomic mass is 9.97. The van der Waals surface area contributed by atoms with Gasteiger partial charge in [-0.1, -0.05) is 194 Å². The SMILES string of the molecule is c1ccc(-c2ccc(-c3ccccc3N(c3ccc(-c4ccc(-c5ccc6ccccc6c5)cc4)cc3)c3cccc(-c4ccc5ccccc5c4)c3)cc2)cc1. The number of nitrogens with zero attached hydrogens (tertiary/aromatic N) is 1. The van der Waals surface area contributed by atoms with Crippen LogP contribution in [0.25, 0.3) is 77.2 Å². The average molecular weight is 726 g/mol. The Balaban J connectivity index is 1.03. The van der Waals surface area contributed by atoms with E-state index in [1.807, 2.05) is 0 Å². The summed E-state index contributed by atoms with van der Waals surface area (Å²) in [5.74, 6) is 0. The summed E-state index contributed by atoms with van der Waals surface area (Å²) in [5, 5.41) is 5.00. The van der Waals surface area contributed by atoms with Crippen molar-refractivity contribution in [2.45, 2.75) is 0 Å². The summed E-state index contributed by atoms with van der Waals surface area (Å²) in [4.78, 5) is 2.40. The van der Waals surface area contributed by atoms with E-state index >= 15 is 0 Å². The van der Waals surface area contributed by atoms with Crippen molar-refractivity contribution >= 4 is 38.6 Å². The summed E-state index contributed by atoms with van der Waals surface area (Å²) in [7, 11) is 0. The molecule has 0 amide bonds. The molecule has 0 spiro atoms. The fraction of sp³-hybridized carbons (Fsp3) is 0. The molecule has 0 fully saturated rings. The number of rotatable bonds is 8. The summed E-state index contributed by atoms with van der Waals surface area (Å²) in [6, 6.07) is 85.7. The van der Waals surface area contributed by atoms with Crippen molar-refractivity contribution in [3.8, 4) is 55.6 Å². The van der Waals surface area contributed by atoms with Gasteiger partial charge in [-0.25, -0.2) is 0 Å². The summed E-state index contributed by atoms with van der Waals surface area (Å²) in [5.41, 5.74) is 15.3. The molecule has 0 saturated carbocycles. The first-order valence-electron chi connectivity index (χ1n) is 19.6. The number of benzene rings is 10. The first kappa shape index (κ1) is 34.0. The van der Waals surface area contributed by atoms with Crippen LogP contribution in [0.4, 0.5) is 17.1 Å². The molecule has 0 unspecified atom stereocenters. The van der Waals surface area contributed by atoms with Crippen LogP contribution in [0.2, 0.25) is 0 Å². The Morgan fingerprint density at radius 1 is 0.211 bits per heavy atom. The van der Waals surface area contributed by atoms with Crippen LogP contribution >= 0.6 is 0 Å². The number of fused-ring (bicyclic) bond motifs is 2. The molecule has 0 N–H and O–H groups in total. The van der Waals surface area contributed by atoms with Crippen molar-refractivity contribution in [2.75, 3.05) is 4.90 Å². The Labute approximate surface area is 334 Å². The molecule has 1 nitrogen and oxygen atoms in total. The van der Waals surface area contributed by atoms with Crippen LogP contribution in [-0.4, -0.2) is 0 Å². The van der Waals surface area contributed by atoms with Crippen LogP contribution in [-0.2, 0) is 0 Å². The fourth-order valence-electron chi connectivity index (χ4n) is 8.03. The summed E-state index contributed by atoms with van der Waals surface area (Å²) in [6.45, 7) is 0. The van der Waals surface area contributed by atoms with Gasteiger partial charge in [-0.2, -0.15) is 0 Å². The monoisotopic (exact) mass is 725 g/mol. The fourth-order valence-corrected chi connectivity index (χ4v) is 8.03. The van der Waals surface area contributed by atoms with Crippen molar-refractivity contribution in [3.63, 3.8) is 0 Å². The average Bonchev–Trinajstić information content (AvgIpc) is 3.30. The Morgan fingerprint density at radius 2 is 0.614 bits per heavy atom. The van der Waals surface area contributed by atoms with Crippen LogP contribution in [0, 0.1) is 0 Å². The Bertz CT molecular complexity index is 2980. The molecule has 1 heteroatoms. The van der Waals surface area contributed by atoms with Crippen molar-refractivity contribution in [2.24, 2.45) is 0 Å². The van der Waals surface area contributed by atoms with Crippen LogP contribution in [0.15, 0.2) is 237 Å². The minimum atomic E-state index is 1.09. The van der Waals surface area contributed by atoms with Gasteiger partial charge < -0.3 is 4.90 Å². The molecule has 10 aromatic rings. The molecule has 0 aromatic heterocycles. The number of para-hydroxylation sites is 1. The van der Waals surface area contributed by atoms with Gasteiger partial charge in [-0.3, -0.25) is 0 Å². The van der Waals surface area contributed by atoms with E-state index in [2.05, 4.69) is 241 Å². The molecule has 0 aliphatic rings. The van der Waals surface area contributed by atoms with E-state index in [9.17, 15) is 0 Å². The largest absolute Gasteiger partial charge is 0.310 e. The van der Waals surface area contributed by atoms with Gasteiger partial charge in [0.25, 0.3) is 0 Å². The molecule has 57 heavy (non-hydrogen) atoms. The molecule has 268 valence electrons. The van der Waals surface area contributed by atoms with Crippen LogP contribution in [0.3, 0.4) is 0 Å². The van der Waals surface area contributed by atoms with Crippen molar-refractivity contribution < 1.29 is 0 Å². The molecule has 10 rings (SSSR count). The Morgan fingerprint density at radius 3 is 1.23 bits per heavy atom. The van der Waals surface area contributed by atoms with Gasteiger partial charge in [0.05, 0.1) is 5.69 Å². The molecule has 0 bridgehead atoms. The van der Waals surface area contributed by atoms with E-state index < -0.39 is 0 Å². The van der Waals surface area contributed by atoms with E-state index in [4.69, 9.17) is 0 Å². The molecular formula is C56H39N. The lowest BCUT2D eigenvalue weighted by Gasteiger charge is -2.28. The minimum absolute atomic E-state index is 1.09. The van der Waals surface area contributed by atoms with Crippen molar-refractivity contribution in [1.29, 1.82) is 0 Å². The summed E-state index contributed by atoms with van der Waals surface area (Å²) < 4.78 is 0. The molecule has 10 aromatic carbocycles. The molecule has 0 aliphatic carbocycles. The second-order valence-electron chi connectivity index (χ2n) is 14.6. The van der Waals surface area contributed by atoms with E-state index in [1.54, 1.807) is 0 Å². The maximum absolute atomic E-state index is 2.40. The highest BCUT2D eigenvalue weighted by atomic mass is 15.1. The van der Waals surface area contributed by atoms with E-state index in [0.717, 1.165) is 17.1 Å². The zero-order chi connectivity index (χ0) is 38.0. The standard InChI is InChI=1S/C56H39N/c1-2-11-40(12-3-1)43-25-29-47(30-26-43)55-19-8-9-20-56(55)57(54-18-10-17-50(39-54)52-32-28-42-14-5-7-16-49(42)38-52)53-35-33-45(34-36-53)44-21-23-46(24-22-44)51-31-27-41-13-4-6-15-48(41)37-51/h1-39H. The Hall–Kier alpha value is -7.48. The van der Waals surface area contributed by atoms with Crippen LogP contribution in [0.1, 0.15) is 0 Å². The van der Waals surface area contributed by atoms with E-state index in [0.29, 0.717) is 0 Å². The van der Waals surface area contributed by atoms with Crippen LogP contribution in [0.5, 0.6) is 0 Å². The van der Waals surface area contributed by atoms with Gasteiger partial charge in [-0.15, -0.1) is 0 Å². The number of hydrogen-bond donors (Lipinski definition) is 0. The first-order valence-corrected chi connectivity index (χ1v) is 19.6. The molecule has 0 atom stereocenters. The Kier molecular flexibility index (Phi) is 8.95. The lowest BCUT2D eigenvalue weighted by molar-refractivity contribution is 1.28. The maximum Gasteiger partial charge on any atom is 0.0540 e. The molecule has 0 saturated heterocycles. The van der Waals surface area contributed by atoms with Crippen LogP contribution < -0.4 is 4.90 Å². The predicted molar refractivity (Wildman–Crippen MR) is 243 cm³/mol. The lowest BCUT2D eigenvalue weighted by Crippen LogP contribution is -2.11. The van der Waals surface area contributed by atoms with Gasteiger partial charge in [0, 0.05) is 16.9 Å². The zero-order valence-corrected chi connectivity index (χ0v) is 31.5. The van der Waals surface area contributed by atoms with Gasteiger partial charge in [0.15, 0.2) is 0 Å². The van der Waals surface area contributed by atoms with E-state index in [1.165, 1.54) is 77.2 Å². The normalized spacial score (nSPS) is 11.2.